The zero-order valence-corrected chi connectivity index (χ0v) is 14.0. The van der Waals surface area contributed by atoms with E-state index in [9.17, 15) is 4.79 Å². The summed E-state index contributed by atoms with van der Waals surface area (Å²) in [5.74, 6) is 0.471. The van der Waals surface area contributed by atoms with E-state index in [1.807, 2.05) is 47.8 Å². The number of fused-ring (bicyclic) bond motifs is 1. The molecule has 0 N–H and O–H groups in total. The van der Waals surface area contributed by atoms with E-state index in [2.05, 4.69) is 11.2 Å². The second kappa shape index (κ2) is 5.82. The SMILES string of the molecule is Cc1ccc2c(C)c(C(=O)N3CCC[C@@H]3Cn3cccn3)oc2c1. The van der Waals surface area contributed by atoms with Gasteiger partial charge >= 0.3 is 0 Å². The highest BCUT2D eigenvalue weighted by Gasteiger charge is 2.32. The molecule has 1 fully saturated rings. The minimum absolute atomic E-state index is 0.00370. The van der Waals surface area contributed by atoms with E-state index in [1.165, 1.54) is 0 Å². The lowest BCUT2D eigenvalue weighted by atomic mass is 10.1. The fraction of sp³-hybridized carbons (Fsp3) is 0.368. The van der Waals surface area contributed by atoms with Gasteiger partial charge in [0.25, 0.3) is 5.91 Å². The molecule has 1 aliphatic heterocycles. The van der Waals surface area contributed by atoms with Gasteiger partial charge in [0, 0.05) is 29.9 Å². The average molecular weight is 323 g/mol. The fourth-order valence-electron chi connectivity index (χ4n) is 3.58. The molecule has 4 rings (SSSR count). The van der Waals surface area contributed by atoms with Crippen molar-refractivity contribution in [3.05, 3.63) is 53.5 Å². The van der Waals surface area contributed by atoms with Crippen molar-refractivity contribution in [3.63, 3.8) is 0 Å². The molecule has 1 atom stereocenters. The maximum absolute atomic E-state index is 13.1. The Morgan fingerprint density at radius 1 is 1.38 bits per heavy atom. The number of nitrogens with zero attached hydrogens (tertiary/aromatic N) is 3. The molecule has 2 aromatic heterocycles. The first kappa shape index (κ1) is 15.0. The van der Waals surface area contributed by atoms with Crippen LogP contribution in [0, 0.1) is 13.8 Å². The molecular formula is C19H21N3O2. The first-order valence-electron chi connectivity index (χ1n) is 8.41. The van der Waals surface area contributed by atoms with Crippen LogP contribution in [0.4, 0.5) is 0 Å². The summed E-state index contributed by atoms with van der Waals surface area (Å²) >= 11 is 0. The number of furan rings is 1. The highest BCUT2D eigenvalue weighted by Crippen LogP contribution is 2.29. The summed E-state index contributed by atoms with van der Waals surface area (Å²) in [5, 5.41) is 5.28. The number of aromatic nitrogens is 2. The zero-order chi connectivity index (χ0) is 16.7. The summed E-state index contributed by atoms with van der Waals surface area (Å²) in [5.41, 5.74) is 2.85. The molecule has 1 amide bonds. The molecule has 1 aliphatic rings. The van der Waals surface area contributed by atoms with Crippen molar-refractivity contribution < 1.29 is 9.21 Å². The maximum Gasteiger partial charge on any atom is 0.290 e. The molecule has 24 heavy (non-hydrogen) atoms. The number of carbonyl (C=O) groups is 1. The number of carbonyl (C=O) groups excluding carboxylic acids is 1. The van der Waals surface area contributed by atoms with Crippen molar-refractivity contribution in [1.29, 1.82) is 0 Å². The van der Waals surface area contributed by atoms with Crippen molar-refractivity contribution in [2.45, 2.75) is 39.3 Å². The molecule has 0 bridgehead atoms. The number of benzene rings is 1. The van der Waals surface area contributed by atoms with Crippen LogP contribution in [0.1, 0.15) is 34.5 Å². The fourth-order valence-corrected chi connectivity index (χ4v) is 3.58. The normalized spacial score (nSPS) is 17.8. The largest absolute Gasteiger partial charge is 0.451 e. The van der Waals surface area contributed by atoms with Crippen LogP contribution in [0.2, 0.25) is 0 Å². The van der Waals surface area contributed by atoms with E-state index >= 15 is 0 Å². The molecule has 124 valence electrons. The number of rotatable bonds is 3. The van der Waals surface area contributed by atoms with Crippen LogP contribution in [-0.4, -0.2) is 33.2 Å². The van der Waals surface area contributed by atoms with Crippen LogP contribution >= 0.6 is 0 Å². The molecule has 0 unspecified atom stereocenters. The topological polar surface area (TPSA) is 51.3 Å². The Bertz CT molecular complexity index is 880. The predicted molar refractivity (Wildman–Crippen MR) is 92.0 cm³/mol. The number of amides is 1. The van der Waals surface area contributed by atoms with E-state index < -0.39 is 0 Å². The molecule has 0 saturated carbocycles. The van der Waals surface area contributed by atoms with Crippen LogP contribution < -0.4 is 0 Å². The Kier molecular flexibility index (Phi) is 3.63. The Morgan fingerprint density at radius 2 is 2.25 bits per heavy atom. The molecule has 0 spiro atoms. The van der Waals surface area contributed by atoms with Gasteiger partial charge in [-0.2, -0.15) is 5.10 Å². The van der Waals surface area contributed by atoms with Gasteiger partial charge in [0.15, 0.2) is 5.76 Å². The second-order valence-corrected chi connectivity index (χ2v) is 6.58. The van der Waals surface area contributed by atoms with Gasteiger partial charge in [-0.05, 0) is 44.4 Å². The number of likely N-dealkylation sites (tertiary alicyclic amines) is 1. The molecular weight excluding hydrogens is 302 g/mol. The summed E-state index contributed by atoms with van der Waals surface area (Å²) < 4.78 is 7.82. The van der Waals surface area contributed by atoms with Crippen LogP contribution in [0.15, 0.2) is 41.1 Å². The van der Waals surface area contributed by atoms with E-state index in [4.69, 9.17) is 4.42 Å². The van der Waals surface area contributed by atoms with E-state index in [-0.39, 0.29) is 11.9 Å². The predicted octanol–water partition coefficient (Wildman–Crippen LogP) is 3.55. The lowest BCUT2D eigenvalue weighted by Crippen LogP contribution is -2.38. The van der Waals surface area contributed by atoms with Gasteiger partial charge in [0.05, 0.1) is 12.6 Å². The Morgan fingerprint density at radius 3 is 3.04 bits per heavy atom. The van der Waals surface area contributed by atoms with Crippen LogP contribution in [-0.2, 0) is 6.54 Å². The van der Waals surface area contributed by atoms with Gasteiger partial charge in [-0.25, -0.2) is 0 Å². The second-order valence-electron chi connectivity index (χ2n) is 6.58. The lowest BCUT2D eigenvalue weighted by molar-refractivity contribution is 0.0690. The number of aryl methyl sites for hydroxylation is 2. The minimum atomic E-state index is -0.00370. The van der Waals surface area contributed by atoms with Crippen LogP contribution in [0.5, 0.6) is 0 Å². The van der Waals surface area contributed by atoms with Crippen LogP contribution in [0.25, 0.3) is 11.0 Å². The van der Waals surface area contributed by atoms with E-state index in [1.54, 1.807) is 6.20 Å². The van der Waals surface area contributed by atoms with Gasteiger partial charge in [0.2, 0.25) is 0 Å². The molecule has 0 aliphatic carbocycles. The minimum Gasteiger partial charge on any atom is -0.451 e. The maximum atomic E-state index is 13.1. The van der Waals surface area contributed by atoms with Gasteiger partial charge in [-0.3, -0.25) is 9.48 Å². The number of hydrogen-bond acceptors (Lipinski definition) is 3. The first-order valence-corrected chi connectivity index (χ1v) is 8.41. The Hall–Kier alpha value is -2.56. The summed E-state index contributed by atoms with van der Waals surface area (Å²) in [6, 6.07) is 8.16. The van der Waals surface area contributed by atoms with Gasteiger partial charge in [-0.1, -0.05) is 12.1 Å². The number of hydrogen-bond donors (Lipinski definition) is 0. The van der Waals surface area contributed by atoms with Gasteiger partial charge in [-0.15, -0.1) is 0 Å². The van der Waals surface area contributed by atoms with Gasteiger partial charge in [0.1, 0.15) is 5.58 Å². The molecule has 1 saturated heterocycles. The van der Waals surface area contributed by atoms with Crippen molar-refractivity contribution >= 4 is 16.9 Å². The highest BCUT2D eigenvalue weighted by molar-refractivity contribution is 5.99. The zero-order valence-electron chi connectivity index (χ0n) is 14.0. The standard InChI is InChI=1S/C19H21N3O2/c1-13-6-7-16-14(2)18(24-17(16)11-13)19(23)22-10-3-5-15(22)12-21-9-4-8-20-21/h4,6-9,11,15H,3,5,10,12H2,1-2H3/t15-/m1/s1. The van der Waals surface area contributed by atoms with Crippen LogP contribution in [0.3, 0.4) is 0 Å². The summed E-state index contributed by atoms with van der Waals surface area (Å²) in [7, 11) is 0. The molecule has 3 aromatic rings. The Labute approximate surface area is 140 Å². The monoisotopic (exact) mass is 323 g/mol. The molecule has 1 aromatic carbocycles. The highest BCUT2D eigenvalue weighted by atomic mass is 16.3. The summed E-state index contributed by atoms with van der Waals surface area (Å²) in [6.45, 7) is 5.50. The molecule has 5 heteroatoms. The lowest BCUT2D eigenvalue weighted by Gasteiger charge is -2.24. The molecule has 5 nitrogen and oxygen atoms in total. The van der Waals surface area contributed by atoms with E-state index in [0.29, 0.717) is 5.76 Å². The van der Waals surface area contributed by atoms with Crippen molar-refractivity contribution in [1.82, 2.24) is 14.7 Å². The third-order valence-corrected chi connectivity index (χ3v) is 4.88. The smallest absolute Gasteiger partial charge is 0.290 e. The average Bonchev–Trinajstić information content (AvgIpc) is 3.28. The first-order chi connectivity index (χ1) is 11.6. The van der Waals surface area contributed by atoms with Crippen molar-refractivity contribution in [3.8, 4) is 0 Å². The Balaban J connectivity index is 1.64. The quantitative estimate of drug-likeness (QED) is 0.740. The molecule has 3 heterocycles. The van der Waals surface area contributed by atoms with Gasteiger partial charge < -0.3 is 9.32 Å². The van der Waals surface area contributed by atoms with Crippen molar-refractivity contribution in [2.24, 2.45) is 0 Å². The van der Waals surface area contributed by atoms with Crippen molar-refractivity contribution in [2.75, 3.05) is 6.54 Å². The molecule has 0 radical (unpaired) electrons. The third kappa shape index (κ3) is 2.50. The van der Waals surface area contributed by atoms with E-state index in [0.717, 1.165) is 48.0 Å². The summed E-state index contributed by atoms with van der Waals surface area (Å²) in [6.07, 6.45) is 5.74. The summed E-state index contributed by atoms with van der Waals surface area (Å²) in [4.78, 5) is 15.0. The third-order valence-electron chi connectivity index (χ3n) is 4.88.